The molecule has 0 radical (unpaired) electrons. The van der Waals surface area contributed by atoms with Crippen molar-refractivity contribution in [2.24, 2.45) is 0 Å². The van der Waals surface area contributed by atoms with Gasteiger partial charge in [0.25, 0.3) is 0 Å². The molecule has 0 fully saturated rings. The van der Waals surface area contributed by atoms with Gasteiger partial charge in [0.05, 0.1) is 12.6 Å². The van der Waals surface area contributed by atoms with Gasteiger partial charge in [-0.3, -0.25) is 0 Å². The van der Waals surface area contributed by atoms with E-state index in [0.717, 1.165) is 15.7 Å². The topological polar surface area (TPSA) is 61.4 Å². The first-order valence-electron chi connectivity index (χ1n) is 6.19. The third-order valence-electron chi connectivity index (χ3n) is 2.52. The van der Waals surface area contributed by atoms with Crippen molar-refractivity contribution in [1.29, 1.82) is 0 Å². The van der Waals surface area contributed by atoms with Crippen LogP contribution in [0.2, 0.25) is 5.02 Å². The van der Waals surface area contributed by atoms with Crippen molar-refractivity contribution in [2.75, 3.05) is 18.9 Å². The Morgan fingerprint density at radius 3 is 2.68 bits per heavy atom. The summed E-state index contributed by atoms with van der Waals surface area (Å²) in [6.07, 6.45) is 0.712. The molecule has 1 aromatic rings. The van der Waals surface area contributed by atoms with Crippen LogP contribution >= 0.6 is 23.4 Å². The maximum absolute atomic E-state index is 11.5. The molecule has 1 aromatic carbocycles. The smallest absolute Gasteiger partial charge is 0.315 e. The largest absolute Gasteiger partial charge is 0.394 e. The van der Waals surface area contributed by atoms with Gasteiger partial charge in [-0.15, -0.1) is 11.8 Å². The van der Waals surface area contributed by atoms with E-state index in [1.807, 2.05) is 31.2 Å². The standard InChI is InChI=1S/C13H19ClN2O2S/c1-2-11(9-17)16-13(18)15-7-8-19-12-5-3-10(14)4-6-12/h3-6,11,17H,2,7-9H2,1H3,(H2,15,16,18). The lowest BCUT2D eigenvalue weighted by atomic mass is 10.2. The van der Waals surface area contributed by atoms with Crippen LogP contribution < -0.4 is 10.6 Å². The van der Waals surface area contributed by atoms with E-state index in [1.165, 1.54) is 0 Å². The van der Waals surface area contributed by atoms with Crippen LogP contribution in [0.3, 0.4) is 0 Å². The molecule has 1 atom stereocenters. The van der Waals surface area contributed by atoms with Crippen molar-refractivity contribution < 1.29 is 9.90 Å². The Bertz CT molecular complexity index is 383. The summed E-state index contributed by atoms with van der Waals surface area (Å²) in [7, 11) is 0. The van der Waals surface area contributed by atoms with Crippen LogP contribution in [-0.4, -0.2) is 36.1 Å². The maximum atomic E-state index is 11.5. The molecular weight excluding hydrogens is 284 g/mol. The van der Waals surface area contributed by atoms with Crippen molar-refractivity contribution in [2.45, 2.75) is 24.3 Å². The molecule has 0 bridgehead atoms. The minimum atomic E-state index is -0.238. The predicted molar refractivity (Wildman–Crippen MR) is 79.9 cm³/mol. The number of carbonyl (C=O) groups excluding carboxylic acids is 1. The number of carbonyl (C=O) groups is 1. The quantitative estimate of drug-likeness (QED) is 0.536. The lowest BCUT2D eigenvalue weighted by Gasteiger charge is -2.14. The summed E-state index contributed by atoms with van der Waals surface area (Å²) in [5, 5.41) is 15.1. The number of hydrogen-bond acceptors (Lipinski definition) is 3. The molecular formula is C13H19ClN2O2S. The number of nitrogens with one attached hydrogen (secondary N) is 2. The van der Waals surface area contributed by atoms with E-state index in [0.29, 0.717) is 13.0 Å². The summed E-state index contributed by atoms with van der Waals surface area (Å²) < 4.78 is 0. The first-order chi connectivity index (χ1) is 9.15. The van der Waals surface area contributed by atoms with E-state index in [1.54, 1.807) is 11.8 Å². The summed E-state index contributed by atoms with van der Waals surface area (Å²) in [6.45, 7) is 2.45. The van der Waals surface area contributed by atoms with Gasteiger partial charge in [0, 0.05) is 22.2 Å². The Balaban J connectivity index is 2.16. The summed E-state index contributed by atoms with van der Waals surface area (Å²) in [5.41, 5.74) is 0. The van der Waals surface area contributed by atoms with Gasteiger partial charge in [0.1, 0.15) is 0 Å². The first-order valence-corrected chi connectivity index (χ1v) is 7.55. The lowest BCUT2D eigenvalue weighted by molar-refractivity contribution is 0.215. The van der Waals surface area contributed by atoms with Gasteiger partial charge in [0.2, 0.25) is 0 Å². The summed E-state index contributed by atoms with van der Waals surface area (Å²) >= 11 is 7.45. The first kappa shape index (κ1) is 16.1. The highest BCUT2D eigenvalue weighted by Crippen LogP contribution is 2.19. The lowest BCUT2D eigenvalue weighted by Crippen LogP contribution is -2.44. The van der Waals surface area contributed by atoms with Crippen LogP contribution in [0.1, 0.15) is 13.3 Å². The molecule has 2 amide bonds. The molecule has 0 aliphatic rings. The van der Waals surface area contributed by atoms with Crippen LogP contribution in [0.15, 0.2) is 29.2 Å². The number of thioether (sulfide) groups is 1. The van der Waals surface area contributed by atoms with E-state index in [4.69, 9.17) is 16.7 Å². The Morgan fingerprint density at radius 1 is 1.42 bits per heavy atom. The van der Waals surface area contributed by atoms with Gasteiger partial charge in [-0.25, -0.2) is 4.79 Å². The number of hydrogen-bond donors (Lipinski definition) is 3. The van der Waals surface area contributed by atoms with Crippen LogP contribution in [0.5, 0.6) is 0 Å². The average Bonchev–Trinajstić information content (AvgIpc) is 2.43. The third kappa shape index (κ3) is 6.71. The average molecular weight is 303 g/mol. The molecule has 19 heavy (non-hydrogen) atoms. The normalized spacial score (nSPS) is 11.9. The fourth-order valence-electron chi connectivity index (χ4n) is 1.38. The third-order valence-corrected chi connectivity index (χ3v) is 3.78. The van der Waals surface area contributed by atoms with Gasteiger partial charge < -0.3 is 15.7 Å². The van der Waals surface area contributed by atoms with Crippen molar-refractivity contribution in [3.05, 3.63) is 29.3 Å². The molecule has 1 unspecified atom stereocenters. The molecule has 0 saturated carbocycles. The molecule has 4 nitrogen and oxygen atoms in total. The van der Waals surface area contributed by atoms with E-state index < -0.39 is 0 Å². The van der Waals surface area contributed by atoms with Gasteiger partial charge >= 0.3 is 6.03 Å². The van der Waals surface area contributed by atoms with E-state index in [2.05, 4.69) is 10.6 Å². The summed E-state index contributed by atoms with van der Waals surface area (Å²) in [6, 6.07) is 7.17. The van der Waals surface area contributed by atoms with Crippen LogP contribution in [-0.2, 0) is 0 Å². The second-order valence-corrected chi connectivity index (χ2v) is 5.60. The highest BCUT2D eigenvalue weighted by atomic mass is 35.5. The summed E-state index contributed by atoms with van der Waals surface area (Å²) in [4.78, 5) is 12.6. The molecule has 3 N–H and O–H groups in total. The number of aliphatic hydroxyl groups is 1. The van der Waals surface area contributed by atoms with Gasteiger partial charge in [0.15, 0.2) is 0 Å². The van der Waals surface area contributed by atoms with Crippen molar-refractivity contribution in [3.8, 4) is 0 Å². The molecule has 0 spiro atoms. The monoisotopic (exact) mass is 302 g/mol. The highest BCUT2D eigenvalue weighted by molar-refractivity contribution is 7.99. The van der Waals surface area contributed by atoms with Gasteiger partial charge in [-0.1, -0.05) is 18.5 Å². The van der Waals surface area contributed by atoms with Crippen LogP contribution in [0, 0.1) is 0 Å². The zero-order valence-electron chi connectivity index (χ0n) is 10.9. The Kier molecular flexibility index (Phi) is 7.70. The predicted octanol–water partition coefficient (Wildman–Crippen LogP) is 2.50. The van der Waals surface area contributed by atoms with Gasteiger partial charge in [-0.2, -0.15) is 0 Å². The minimum absolute atomic E-state index is 0.0382. The Labute approximate surface area is 122 Å². The number of aliphatic hydroxyl groups excluding tert-OH is 1. The number of amides is 2. The van der Waals surface area contributed by atoms with E-state index in [-0.39, 0.29) is 18.7 Å². The van der Waals surface area contributed by atoms with Gasteiger partial charge in [-0.05, 0) is 30.7 Å². The van der Waals surface area contributed by atoms with Crippen molar-refractivity contribution in [1.82, 2.24) is 10.6 Å². The fraction of sp³-hybridized carbons (Fsp3) is 0.462. The number of benzene rings is 1. The minimum Gasteiger partial charge on any atom is -0.394 e. The number of halogens is 1. The van der Waals surface area contributed by atoms with E-state index >= 15 is 0 Å². The zero-order valence-corrected chi connectivity index (χ0v) is 12.4. The number of rotatable bonds is 7. The second kappa shape index (κ2) is 9.07. The van der Waals surface area contributed by atoms with Crippen molar-refractivity contribution >= 4 is 29.4 Å². The van der Waals surface area contributed by atoms with E-state index in [9.17, 15) is 4.79 Å². The Hall–Kier alpha value is -0.910. The molecule has 0 aromatic heterocycles. The van der Waals surface area contributed by atoms with Crippen LogP contribution in [0.4, 0.5) is 4.79 Å². The van der Waals surface area contributed by atoms with Crippen molar-refractivity contribution in [3.63, 3.8) is 0 Å². The zero-order chi connectivity index (χ0) is 14.1. The SMILES string of the molecule is CCC(CO)NC(=O)NCCSc1ccc(Cl)cc1. The molecule has 0 heterocycles. The summed E-state index contributed by atoms with van der Waals surface area (Å²) in [5.74, 6) is 0.783. The van der Waals surface area contributed by atoms with Crippen LogP contribution in [0.25, 0.3) is 0 Å². The Morgan fingerprint density at radius 2 is 2.11 bits per heavy atom. The fourth-order valence-corrected chi connectivity index (χ4v) is 2.27. The molecule has 1 rings (SSSR count). The molecule has 0 aliphatic heterocycles. The second-order valence-electron chi connectivity index (χ2n) is 3.99. The molecule has 6 heteroatoms. The number of urea groups is 1. The highest BCUT2D eigenvalue weighted by Gasteiger charge is 2.07. The molecule has 0 aliphatic carbocycles. The maximum Gasteiger partial charge on any atom is 0.315 e. The molecule has 106 valence electrons. The molecule has 0 saturated heterocycles.